The van der Waals surface area contributed by atoms with Crippen LogP contribution in [0.1, 0.15) is 12.5 Å². The van der Waals surface area contributed by atoms with Gasteiger partial charge in [0.2, 0.25) is 15.9 Å². The summed E-state index contributed by atoms with van der Waals surface area (Å²) in [6.07, 6.45) is -4.57. The van der Waals surface area contributed by atoms with E-state index in [0.717, 1.165) is 18.2 Å². The third-order valence-electron chi connectivity index (χ3n) is 3.85. The van der Waals surface area contributed by atoms with Crippen LogP contribution >= 0.6 is 0 Å². The topological polar surface area (TPSA) is 93.7 Å². The molecule has 158 valence electrons. The fourth-order valence-electron chi connectivity index (χ4n) is 2.36. The number of alkyl halides is 3. The van der Waals surface area contributed by atoms with Gasteiger partial charge < -0.3 is 14.8 Å². The van der Waals surface area contributed by atoms with Gasteiger partial charge in [0.05, 0.1) is 30.7 Å². The lowest BCUT2D eigenvalue weighted by atomic mass is 10.2. The predicted octanol–water partition coefficient (Wildman–Crippen LogP) is 3.03. The molecule has 0 aliphatic carbocycles. The number of halogens is 3. The minimum absolute atomic E-state index is 0.109. The highest BCUT2D eigenvalue weighted by Gasteiger charge is 2.31. The van der Waals surface area contributed by atoms with Gasteiger partial charge in [0.15, 0.2) is 11.5 Å². The van der Waals surface area contributed by atoms with Crippen LogP contribution in [0.3, 0.4) is 0 Å². The second-order valence-corrected chi connectivity index (χ2v) is 7.64. The standard InChI is InChI=1S/C18H19F3N2O5S/c1-11(17(24)22-13-6-4-5-12(9-13)18(19,20)21)23-29(25,26)14-7-8-15(27-2)16(10-14)28-3/h4-11,23H,1-3H3,(H,22,24)/t11-/m0/s1. The van der Waals surface area contributed by atoms with Gasteiger partial charge in [-0.15, -0.1) is 0 Å². The lowest BCUT2D eigenvalue weighted by Gasteiger charge is -2.16. The fraction of sp³-hybridized carbons (Fsp3) is 0.278. The van der Waals surface area contributed by atoms with Crippen LogP contribution in [0.25, 0.3) is 0 Å². The number of ether oxygens (including phenoxy) is 2. The van der Waals surface area contributed by atoms with Crippen molar-refractivity contribution >= 4 is 21.6 Å². The van der Waals surface area contributed by atoms with Gasteiger partial charge in [-0.25, -0.2) is 8.42 Å². The largest absolute Gasteiger partial charge is 0.493 e. The summed E-state index contributed by atoms with van der Waals surface area (Å²) in [5.74, 6) is -0.327. The molecule has 0 spiro atoms. The molecule has 11 heteroatoms. The van der Waals surface area contributed by atoms with E-state index >= 15 is 0 Å². The second-order valence-electron chi connectivity index (χ2n) is 5.93. The SMILES string of the molecule is COc1ccc(S(=O)(=O)N[C@@H](C)C(=O)Nc2cccc(C(F)(F)F)c2)cc1OC. The molecule has 0 aliphatic heterocycles. The summed E-state index contributed by atoms with van der Waals surface area (Å²) in [6.45, 7) is 1.27. The Morgan fingerprint density at radius 2 is 1.69 bits per heavy atom. The number of nitrogens with one attached hydrogen (secondary N) is 2. The minimum Gasteiger partial charge on any atom is -0.493 e. The zero-order valence-corrected chi connectivity index (χ0v) is 16.5. The first kappa shape index (κ1) is 22.5. The van der Waals surface area contributed by atoms with Crippen LogP contribution in [0, 0.1) is 0 Å². The molecule has 0 heterocycles. The molecule has 2 rings (SSSR count). The van der Waals surface area contributed by atoms with Crippen molar-refractivity contribution in [2.75, 3.05) is 19.5 Å². The summed E-state index contributed by atoms with van der Waals surface area (Å²) in [4.78, 5) is 12.1. The van der Waals surface area contributed by atoms with Gasteiger partial charge in [0, 0.05) is 11.8 Å². The Bertz CT molecular complexity index is 993. The number of rotatable bonds is 7. The molecule has 0 aromatic heterocycles. The van der Waals surface area contributed by atoms with Crippen molar-refractivity contribution in [2.45, 2.75) is 24.0 Å². The highest BCUT2D eigenvalue weighted by atomic mass is 32.2. The molecule has 1 amide bonds. The molecule has 0 bridgehead atoms. The zero-order valence-electron chi connectivity index (χ0n) is 15.7. The maximum atomic E-state index is 12.8. The summed E-state index contributed by atoms with van der Waals surface area (Å²) in [5, 5.41) is 2.26. The first-order valence-corrected chi connectivity index (χ1v) is 9.68. The molecule has 2 N–H and O–H groups in total. The van der Waals surface area contributed by atoms with Crippen molar-refractivity contribution in [1.29, 1.82) is 0 Å². The number of carbonyl (C=O) groups is 1. The summed E-state index contributed by atoms with van der Waals surface area (Å²) in [5.41, 5.74) is -1.05. The molecule has 0 saturated heterocycles. The molecule has 0 radical (unpaired) electrons. The average molecular weight is 432 g/mol. The van der Waals surface area contributed by atoms with Crippen LogP contribution in [-0.4, -0.2) is 34.6 Å². The molecule has 2 aromatic carbocycles. The number of sulfonamides is 1. The van der Waals surface area contributed by atoms with E-state index in [0.29, 0.717) is 5.75 Å². The van der Waals surface area contributed by atoms with E-state index in [2.05, 4.69) is 10.0 Å². The lowest BCUT2D eigenvalue weighted by Crippen LogP contribution is -2.41. The Kier molecular flexibility index (Phi) is 6.75. The van der Waals surface area contributed by atoms with Crippen LogP contribution in [-0.2, 0) is 21.0 Å². The Morgan fingerprint density at radius 3 is 2.28 bits per heavy atom. The van der Waals surface area contributed by atoms with Gasteiger partial charge in [-0.1, -0.05) is 6.07 Å². The first-order chi connectivity index (χ1) is 13.5. The Balaban J connectivity index is 2.14. The number of benzene rings is 2. The molecular weight excluding hydrogens is 413 g/mol. The molecular formula is C18H19F3N2O5S. The zero-order chi connectivity index (χ0) is 21.8. The van der Waals surface area contributed by atoms with Crippen molar-refractivity contribution < 1.29 is 35.9 Å². The third kappa shape index (κ3) is 5.61. The predicted molar refractivity (Wildman–Crippen MR) is 99.4 cm³/mol. The lowest BCUT2D eigenvalue weighted by molar-refractivity contribution is -0.137. The van der Waals surface area contributed by atoms with E-state index in [4.69, 9.17) is 9.47 Å². The molecule has 0 aliphatic rings. The molecule has 0 fully saturated rings. The molecule has 29 heavy (non-hydrogen) atoms. The van der Waals surface area contributed by atoms with Gasteiger partial charge in [0.1, 0.15) is 0 Å². The van der Waals surface area contributed by atoms with Gasteiger partial charge in [-0.2, -0.15) is 17.9 Å². The fourth-order valence-corrected chi connectivity index (χ4v) is 3.58. The maximum absolute atomic E-state index is 12.8. The number of carbonyl (C=O) groups excluding carboxylic acids is 1. The Morgan fingerprint density at radius 1 is 1.03 bits per heavy atom. The molecule has 0 saturated carbocycles. The molecule has 1 atom stereocenters. The third-order valence-corrected chi connectivity index (χ3v) is 5.39. The molecule has 0 unspecified atom stereocenters. The molecule has 2 aromatic rings. The van der Waals surface area contributed by atoms with Crippen LogP contribution < -0.4 is 19.5 Å². The van der Waals surface area contributed by atoms with E-state index in [1.807, 2.05) is 0 Å². The van der Waals surface area contributed by atoms with Crippen molar-refractivity contribution in [3.8, 4) is 11.5 Å². The van der Waals surface area contributed by atoms with Gasteiger partial charge in [-0.3, -0.25) is 4.79 Å². The number of amides is 1. The average Bonchev–Trinajstić information content (AvgIpc) is 2.66. The highest BCUT2D eigenvalue weighted by Crippen LogP contribution is 2.31. The molecule has 7 nitrogen and oxygen atoms in total. The Labute approximate surface area is 165 Å². The van der Waals surface area contributed by atoms with Crippen LogP contribution in [0.4, 0.5) is 18.9 Å². The normalized spacial score (nSPS) is 12.9. The number of hydrogen-bond donors (Lipinski definition) is 2. The highest BCUT2D eigenvalue weighted by molar-refractivity contribution is 7.89. The number of methoxy groups -OCH3 is 2. The monoisotopic (exact) mass is 432 g/mol. The van der Waals surface area contributed by atoms with Gasteiger partial charge in [0.25, 0.3) is 0 Å². The summed E-state index contributed by atoms with van der Waals surface area (Å²) in [7, 11) is -1.38. The van der Waals surface area contributed by atoms with Gasteiger partial charge in [-0.05, 0) is 37.3 Å². The van der Waals surface area contributed by atoms with Crippen molar-refractivity contribution in [3.05, 3.63) is 48.0 Å². The van der Waals surface area contributed by atoms with Crippen molar-refractivity contribution in [3.63, 3.8) is 0 Å². The van der Waals surface area contributed by atoms with Gasteiger partial charge >= 0.3 is 6.18 Å². The van der Waals surface area contributed by atoms with E-state index in [9.17, 15) is 26.4 Å². The summed E-state index contributed by atoms with van der Waals surface area (Å²) >= 11 is 0. The van der Waals surface area contributed by atoms with E-state index in [-0.39, 0.29) is 16.3 Å². The van der Waals surface area contributed by atoms with Crippen LogP contribution in [0.5, 0.6) is 11.5 Å². The van der Waals surface area contributed by atoms with E-state index in [1.165, 1.54) is 45.4 Å². The van der Waals surface area contributed by atoms with Crippen molar-refractivity contribution in [1.82, 2.24) is 4.72 Å². The van der Waals surface area contributed by atoms with Crippen LogP contribution in [0.15, 0.2) is 47.4 Å². The summed E-state index contributed by atoms with van der Waals surface area (Å²) in [6, 6.07) is 6.63. The van der Waals surface area contributed by atoms with E-state index in [1.54, 1.807) is 0 Å². The van der Waals surface area contributed by atoms with Crippen LogP contribution in [0.2, 0.25) is 0 Å². The smallest absolute Gasteiger partial charge is 0.416 e. The van der Waals surface area contributed by atoms with E-state index < -0.39 is 33.7 Å². The number of anilines is 1. The second kappa shape index (κ2) is 8.70. The number of hydrogen-bond acceptors (Lipinski definition) is 5. The minimum atomic E-state index is -4.57. The summed E-state index contributed by atoms with van der Waals surface area (Å²) < 4.78 is 75.6. The Hall–Kier alpha value is -2.79. The maximum Gasteiger partial charge on any atom is 0.416 e. The first-order valence-electron chi connectivity index (χ1n) is 8.20. The quantitative estimate of drug-likeness (QED) is 0.702. The van der Waals surface area contributed by atoms with Crippen molar-refractivity contribution in [2.24, 2.45) is 0 Å².